The molecule has 0 aliphatic heterocycles. The van der Waals surface area contributed by atoms with E-state index in [1.807, 2.05) is 13.8 Å². The normalized spacial score (nSPS) is 11.9. The Morgan fingerprint density at radius 3 is 2.37 bits per heavy atom. The molecule has 0 aromatic heterocycles. The van der Waals surface area contributed by atoms with Crippen molar-refractivity contribution in [2.75, 3.05) is 6.61 Å². The van der Waals surface area contributed by atoms with Gasteiger partial charge in [0, 0.05) is 27.1 Å². The maximum absolute atomic E-state index is 13.0. The Bertz CT molecular complexity index is 924. The van der Waals surface area contributed by atoms with Crippen molar-refractivity contribution >= 4 is 62.5 Å². The van der Waals surface area contributed by atoms with Gasteiger partial charge >= 0.3 is 0 Å². The van der Waals surface area contributed by atoms with Crippen LogP contribution in [0.4, 0.5) is 0 Å². The van der Waals surface area contributed by atoms with Gasteiger partial charge in [0.15, 0.2) is 6.61 Å². The Morgan fingerprint density at radius 2 is 1.77 bits per heavy atom. The molecule has 0 radical (unpaired) electrons. The lowest BCUT2D eigenvalue weighted by molar-refractivity contribution is -0.142. The van der Waals surface area contributed by atoms with Crippen molar-refractivity contribution < 1.29 is 14.3 Å². The smallest absolute Gasteiger partial charge is 0.261 e. The highest BCUT2D eigenvalue weighted by atomic mass is 79.9. The Kier molecular flexibility index (Phi) is 9.29. The summed E-state index contributed by atoms with van der Waals surface area (Å²) in [5, 5.41) is 4.09. The van der Waals surface area contributed by atoms with Crippen molar-refractivity contribution in [3.05, 3.63) is 61.5 Å². The third-order valence-electron chi connectivity index (χ3n) is 4.20. The van der Waals surface area contributed by atoms with E-state index in [4.69, 9.17) is 39.5 Å². The second-order valence-corrected chi connectivity index (χ2v) is 9.13. The molecule has 5 nitrogen and oxygen atoms in total. The molecular formula is C21H22BrCl3N2O3. The summed E-state index contributed by atoms with van der Waals surface area (Å²) in [5.74, 6) is -0.284. The Hall–Kier alpha value is -1.47. The highest BCUT2D eigenvalue weighted by Gasteiger charge is 2.27. The quantitative estimate of drug-likeness (QED) is 0.469. The fourth-order valence-corrected chi connectivity index (χ4v) is 3.83. The predicted molar refractivity (Wildman–Crippen MR) is 124 cm³/mol. The van der Waals surface area contributed by atoms with Gasteiger partial charge in [-0.05, 0) is 56.7 Å². The van der Waals surface area contributed by atoms with Crippen LogP contribution in [0.25, 0.3) is 0 Å². The number of hydrogen-bond donors (Lipinski definition) is 1. The summed E-state index contributed by atoms with van der Waals surface area (Å²) in [6.45, 7) is 5.20. The van der Waals surface area contributed by atoms with E-state index in [0.717, 1.165) is 4.47 Å². The van der Waals surface area contributed by atoms with Gasteiger partial charge in [-0.2, -0.15) is 0 Å². The second kappa shape index (κ2) is 11.2. The number of amides is 2. The number of halogens is 4. The first kappa shape index (κ1) is 24.8. The SMILES string of the molecule is CC(C)NC(=O)[C@@H](C)N(Cc1ccc(Cl)cc1Cl)C(=O)COc1ccc(Br)cc1Cl. The lowest BCUT2D eigenvalue weighted by Gasteiger charge is -2.29. The second-order valence-electron chi connectivity index (χ2n) is 6.96. The number of hydrogen-bond acceptors (Lipinski definition) is 3. The maximum atomic E-state index is 13.0. The number of rotatable bonds is 8. The molecule has 0 saturated carbocycles. The minimum atomic E-state index is -0.740. The fraction of sp³-hybridized carbons (Fsp3) is 0.333. The molecule has 0 heterocycles. The van der Waals surface area contributed by atoms with Crippen LogP contribution in [0.2, 0.25) is 15.1 Å². The summed E-state index contributed by atoms with van der Waals surface area (Å²) in [6, 6.07) is 9.30. The predicted octanol–water partition coefficient (Wildman–Crippen LogP) is 5.73. The summed E-state index contributed by atoms with van der Waals surface area (Å²) in [6.07, 6.45) is 0. The maximum Gasteiger partial charge on any atom is 0.261 e. The topological polar surface area (TPSA) is 58.6 Å². The average molecular weight is 537 g/mol. The molecule has 0 saturated heterocycles. The van der Waals surface area contributed by atoms with Gasteiger partial charge in [0.1, 0.15) is 11.8 Å². The molecule has 0 aliphatic rings. The zero-order valence-corrected chi connectivity index (χ0v) is 20.6. The van der Waals surface area contributed by atoms with Crippen LogP contribution in [0.3, 0.4) is 0 Å². The number of benzene rings is 2. The molecule has 0 fully saturated rings. The van der Waals surface area contributed by atoms with Crippen LogP contribution in [0.5, 0.6) is 5.75 Å². The van der Waals surface area contributed by atoms with E-state index >= 15 is 0 Å². The standard InChI is InChI=1S/C21H22BrCl3N2O3/c1-12(2)26-21(29)13(3)27(10-14-4-6-16(23)9-17(14)24)20(28)11-30-19-7-5-15(22)8-18(19)25/h4-9,12-13H,10-11H2,1-3H3,(H,26,29)/t13-/m1/s1. The Balaban J connectivity index is 2.22. The third kappa shape index (κ3) is 7.05. The number of carbonyl (C=O) groups is 2. The van der Waals surface area contributed by atoms with Gasteiger partial charge in [-0.1, -0.05) is 56.8 Å². The molecule has 0 spiro atoms. The number of nitrogens with zero attached hydrogens (tertiary/aromatic N) is 1. The van der Waals surface area contributed by atoms with E-state index in [9.17, 15) is 9.59 Å². The van der Waals surface area contributed by atoms with E-state index in [1.165, 1.54) is 4.90 Å². The third-order valence-corrected chi connectivity index (χ3v) is 5.57. The molecule has 0 bridgehead atoms. The molecule has 2 rings (SSSR count). The van der Waals surface area contributed by atoms with Crippen LogP contribution in [0, 0.1) is 0 Å². The van der Waals surface area contributed by atoms with Crippen molar-refractivity contribution in [1.29, 1.82) is 0 Å². The Labute approximate surface area is 199 Å². The fourth-order valence-electron chi connectivity index (χ4n) is 2.64. The van der Waals surface area contributed by atoms with E-state index in [1.54, 1.807) is 43.3 Å². The molecule has 2 aromatic rings. The van der Waals surface area contributed by atoms with Crippen LogP contribution in [-0.4, -0.2) is 35.4 Å². The van der Waals surface area contributed by atoms with Crippen molar-refractivity contribution in [2.24, 2.45) is 0 Å². The van der Waals surface area contributed by atoms with E-state index in [0.29, 0.717) is 26.4 Å². The average Bonchev–Trinajstić information content (AvgIpc) is 2.65. The molecule has 9 heteroatoms. The molecule has 0 unspecified atom stereocenters. The summed E-state index contributed by atoms with van der Waals surface area (Å²) in [7, 11) is 0. The minimum Gasteiger partial charge on any atom is -0.482 e. The van der Waals surface area contributed by atoms with Gasteiger partial charge in [0.2, 0.25) is 5.91 Å². The van der Waals surface area contributed by atoms with Gasteiger partial charge < -0.3 is 15.0 Å². The van der Waals surface area contributed by atoms with Crippen molar-refractivity contribution in [3.63, 3.8) is 0 Å². The zero-order chi connectivity index (χ0) is 22.4. The van der Waals surface area contributed by atoms with E-state index in [-0.39, 0.29) is 31.0 Å². The molecular weight excluding hydrogens is 515 g/mol. The van der Waals surface area contributed by atoms with Crippen LogP contribution < -0.4 is 10.1 Å². The molecule has 2 amide bonds. The first-order valence-electron chi connectivity index (χ1n) is 9.20. The molecule has 2 aromatic carbocycles. The largest absolute Gasteiger partial charge is 0.482 e. The van der Waals surface area contributed by atoms with Crippen molar-refractivity contribution in [1.82, 2.24) is 10.2 Å². The molecule has 0 aliphatic carbocycles. The first-order valence-corrected chi connectivity index (χ1v) is 11.1. The van der Waals surface area contributed by atoms with Gasteiger partial charge in [0.05, 0.1) is 5.02 Å². The van der Waals surface area contributed by atoms with Gasteiger partial charge in [-0.15, -0.1) is 0 Å². The van der Waals surface area contributed by atoms with Crippen molar-refractivity contribution in [2.45, 2.75) is 39.4 Å². The number of carbonyl (C=O) groups excluding carboxylic acids is 2. The summed E-state index contributed by atoms with van der Waals surface area (Å²) in [5.41, 5.74) is 0.667. The lowest BCUT2D eigenvalue weighted by atomic mass is 10.1. The van der Waals surface area contributed by atoms with Crippen LogP contribution in [0.15, 0.2) is 40.9 Å². The molecule has 162 valence electrons. The number of nitrogens with one attached hydrogen (secondary N) is 1. The van der Waals surface area contributed by atoms with Crippen LogP contribution >= 0.6 is 50.7 Å². The summed E-state index contributed by atoms with van der Waals surface area (Å²) < 4.78 is 6.40. The molecule has 30 heavy (non-hydrogen) atoms. The van der Waals surface area contributed by atoms with Gasteiger partial charge in [-0.3, -0.25) is 9.59 Å². The zero-order valence-electron chi connectivity index (χ0n) is 16.7. The van der Waals surface area contributed by atoms with Crippen LogP contribution in [0.1, 0.15) is 26.3 Å². The highest BCUT2D eigenvalue weighted by Crippen LogP contribution is 2.28. The summed E-state index contributed by atoms with van der Waals surface area (Å²) in [4.78, 5) is 27.0. The van der Waals surface area contributed by atoms with Gasteiger partial charge in [-0.25, -0.2) is 0 Å². The van der Waals surface area contributed by atoms with Gasteiger partial charge in [0.25, 0.3) is 5.91 Å². The van der Waals surface area contributed by atoms with E-state index in [2.05, 4.69) is 21.2 Å². The molecule has 1 N–H and O–H groups in total. The van der Waals surface area contributed by atoms with E-state index < -0.39 is 6.04 Å². The minimum absolute atomic E-state index is 0.0613. The summed E-state index contributed by atoms with van der Waals surface area (Å²) >= 11 is 21.7. The molecule has 1 atom stereocenters. The lowest BCUT2D eigenvalue weighted by Crippen LogP contribution is -2.50. The Morgan fingerprint density at radius 1 is 1.07 bits per heavy atom. The monoisotopic (exact) mass is 534 g/mol. The van der Waals surface area contributed by atoms with Crippen molar-refractivity contribution in [3.8, 4) is 5.75 Å². The highest BCUT2D eigenvalue weighted by molar-refractivity contribution is 9.10. The number of ether oxygens (including phenoxy) is 1. The first-order chi connectivity index (χ1) is 14.1. The van der Waals surface area contributed by atoms with Crippen LogP contribution in [-0.2, 0) is 16.1 Å².